The van der Waals surface area contributed by atoms with Crippen LogP contribution in [0.2, 0.25) is 10.0 Å². The van der Waals surface area contributed by atoms with Gasteiger partial charge in [-0.1, -0.05) is 83.9 Å². The SMILES string of the molecule is O=C(c1ccc(Cl)c(Cl)c1)N1CCN(C(c2ccccc2)c2ccccc2)CC1. The van der Waals surface area contributed by atoms with E-state index in [-0.39, 0.29) is 11.9 Å². The van der Waals surface area contributed by atoms with Crippen molar-refractivity contribution in [2.24, 2.45) is 0 Å². The topological polar surface area (TPSA) is 23.6 Å². The first kappa shape index (κ1) is 20.0. The molecule has 1 amide bonds. The van der Waals surface area contributed by atoms with E-state index < -0.39 is 0 Å². The third-order valence-corrected chi connectivity index (χ3v) is 6.10. The lowest BCUT2D eigenvalue weighted by Gasteiger charge is -2.39. The molecular formula is C24H22Cl2N2O. The molecule has 3 aromatic carbocycles. The number of amides is 1. The van der Waals surface area contributed by atoms with Gasteiger partial charge in [-0.2, -0.15) is 0 Å². The van der Waals surface area contributed by atoms with Crippen LogP contribution in [0.4, 0.5) is 0 Å². The van der Waals surface area contributed by atoms with Crippen molar-refractivity contribution in [2.75, 3.05) is 26.2 Å². The highest BCUT2D eigenvalue weighted by molar-refractivity contribution is 6.42. The molecule has 0 unspecified atom stereocenters. The third-order valence-electron chi connectivity index (χ3n) is 5.36. The van der Waals surface area contributed by atoms with Crippen LogP contribution >= 0.6 is 23.2 Å². The molecule has 0 aromatic heterocycles. The van der Waals surface area contributed by atoms with Gasteiger partial charge in [-0.3, -0.25) is 9.69 Å². The molecule has 4 rings (SSSR count). The molecule has 1 aliphatic heterocycles. The number of hydrogen-bond acceptors (Lipinski definition) is 2. The van der Waals surface area contributed by atoms with Crippen LogP contribution in [0.25, 0.3) is 0 Å². The fraction of sp³-hybridized carbons (Fsp3) is 0.208. The van der Waals surface area contributed by atoms with Crippen LogP contribution in [0, 0.1) is 0 Å². The summed E-state index contributed by atoms with van der Waals surface area (Å²) in [6, 6.07) is 26.3. The summed E-state index contributed by atoms with van der Waals surface area (Å²) < 4.78 is 0. The monoisotopic (exact) mass is 424 g/mol. The Hall–Kier alpha value is -2.33. The van der Waals surface area contributed by atoms with E-state index >= 15 is 0 Å². The molecule has 1 heterocycles. The Morgan fingerprint density at radius 3 is 1.79 bits per heavy atom. The normalized spacial score (nSPS) is 14.9. The molecule has 0 aliphatic carbocycles. The zero-order chi connectivity index (χ0) is 20.2. The number of carbonyl (C=O) groups is 1. The summed E-state index contributed by atoms with van der Waals surface area (Å²) in [7, 11) is 0. The summed E-state index contributed by atoms with van der Waals surface area (Å²) in [6.45, 7) is 2.97. The molecule has 0 N–H and O–H groups in total. The summed E-state index contributed by atoms with van der Waals surface area (Å²) >= 11 is 12.1. The second-order valence-electron chi connectivity index (χ2n) is 7.18. The zero-order valence-corrected chi connectivity index (χ0v) is 17.5. The van der Waals surface area contributed by atoms with E-state index in [1.165, 1.54) is 11.1 Å². The second-order valence-corrected chi connectivity index (χ2v) is 8.00. The van der Waals surface area contributed by atoms with Gasteiger partial charge < -0.3 is 4.90 Å². The predicted molar refractivity (Wildman–Crippen MR) is 119 cm³/mol. The number of rotatable bonds is 4. The minimum absolute atomic E-state index is 0.000751. The molecule has 29 heavy (non-hydrogen) atoms. The van der Waals surface area contributed by atoms with Crippen LogP contribution in [0.3, 0.4) is 0 Å². The van der Waals surface area contributed by atoms with Crippen molar-refractivity contribution in [1.29, 1.82) is 0 Å². The van der Waals surface area contributed by atoms with E-state index in [1.54, 1.807) is 18.2 Å². The molecule has 5 heteroatoms. The lowest BCUT2D eigenvalue weighted by Crippen LogP contribution is -2.49. The van der Waals surface area contributed by atoms with E-state index in [4.69, 9.17) is 23.2 Å². The van der Waals surface area contributed by atoms with Crippen molar-refractivity contribution in [3.05, 3.63) is 106 Å². The first-order valence-electron chi connectivity index (χ1n) is 9.72. The van der Waals surface area contributed by atoms with Crippen LogP contribution in [-0.2, 0) is 0 Å². The zero-order valence-electron chi connectivity index (χ0n) is 16.0. The highest BCUT2D eigenvalue weighted by Crippen LogP contribution is 2.30. The molecule has 0 radical (unpaired) electrons. The van der Waals surface area contributed by atoms with Gasteiger partial charge >= 0.3 is 0 Å². The van der Waals surface area contributed by atoms with Crippen LogP contribution in [0.1, 0.15) is 27.5 Å². The van der Waals surface area contributed by atoms with Crippen molar-refractivity contribution in [3.8, 4) is 0 Å². The van der Waals surface area contributed by atoms with Gasteiger partial charge in [0.1, 0.15) is 0 Å². The maximum Gasteiger partial charge on any atom is 0.253 e. The summed E-state index contributed by atoms with van der Waals surface area (Å²) in [5.41, 5.74) is 3.11. The summed E-state index contributed by atoms with van der Waals surface area (Å²) in [5.74, 6) is -0.000751. The van der Waals surface area contributed by atoms with Gasteiger partial charge in [0.2, 0.25) is 0 Å². The average molecular weight is 425 g/mol. The Bertz CT molecular complexity index is 931. The maximum atomic E-state index is 12.9. The Balaban J connectivity index is 1.51. The molecule has 0 bridgehead atoms. The molecule has 1 aliphatic rings. The Kier molecular flexibility index (Phi) is 6.19. The Morgan fingerprint density at radius 1 is 0.724 bits per heavy atom. The van der Waals surface area contributed by atoms with E-state index in [1.807, 2.05) is 17.0 Å². The number of nitrogens with zero attached hydrogens (tertiary/aromatic N) is 2. The average Bonchev–Trinajstić information content (AvgIpc) is 2.77. The van der Waals surface area contributed by atoms with E-state index in [9.17, 15) is 4.79 Å². The summed E-state index contributed by atoms with van der Waals surface area (Å²) in [6.07, 6.45) is 0. The van der Waals surface area contributed by atoms with Crippen molar-refractivity contribution in [2.45, 2.75) is 6.04 Å². The van der Waals surface area contributed by atoms with Crippen molar-refractivity contribution in [1.82, 2.24) is 9.80 Å². The smallest absolute Gasteiger partial charge is 0.253 e. The lowest BCUT2D eigenvalue weighted by atomic mass is 9.96. The lowest BCUT2D eigenvalue weighted by molar-refractivity contribution is 0.0597. The first-order chi connectivity index (χ1) is 14.1. The molecule has 3 aromatic rings. The van der Waals surface area contributed by atoms with Gasteiger partial charge in [-0.15, -0.1) is 0 Å². The number of benzene rings is 3. The molecule has 1 saturated heterocycles. The quantitative estimate of drug-likeness (QED) is 0.548. The van der Waals surface area contributed by atoms with Crippen LogP contribution < -0.4 is 0 Å². The fourth-order valence-electron chi connectivity index (χ4n) is 3.88. The van der Waals surface area contributed by atoms with Gasteiger partial charge in [0.15, 0.2) is 0 Å². The Labute approximate surface area is 181 Å². The van der Waals surface area contributed by atoms with Gasteiger partial charge in [0.25, 0.3) is 5.91 Å². The van der Waals surface area contributed by atoms with Gasteiger partial charge in [0.05, 0.1) is 16.1 Å². The van der Waals surface area contributed by atoms with Gasteiger partial charge in [-0.05, 0) is 29.3 Å². The number of carbonyl (C=O) groups excluding carboxylic acids is 1. The third kappa shape index (κ3) is 4.48. The van der Waals surface area contributed by atoms with Crippen molar-refractivity contribution >= 4 is 29.1 Å². The highest BCUT2D eigenvalue weighted by Gasteiger charge is 2.28. The molecule has 0 atom stereocenters. The largest absolute Gasteiger partial charge is 0.336 e. The summed E-state index contributed by atoms with van der Waals surface area (Å²) in [4.78, 5) is 17.2. The van der Waals surface area contributed by atoms with Crippen molar-refractivity contribution in [3.63, 3.8) is 0 Å². The van der Waals surface area contributed by atoms with Crippen LogP contribution in [0.15, 0.2) is 78.9 Å². The number of hydrogen-bond donors (Lipinski definition) is 0. The summed E-state index contributed by atoms with van der Waals surface area (Å²) in [5, 5.41) is 0.867. The molecule has 0 saturated carbocycles. The van der Waals surface area contributed by atoms with Gasteiger partial charge in [0, 0.05) is 31.7 Å². The number of halogens is 2. The molecule has 1 fully saturated rings. The number of piperazine rings is 1. The van der Waals surface area contributed by atoms with Gasteiger partial charge in [-0.25, -0.2) is 0 Å². The maximum absolute atomic E-state index is 12.9. The standard InChI is InChI=1S/C24H22Cl2N2O/c25-21-12-11-20(17-22(21)26)24(29)28-15-13-27(14-16-28)23(18-7-3-1-4-8-18)19-9-5-2-6-10-19/h1-12,17,23H,13-16H2. The van der Waals surface area contributed by atoms with E-state index in [2.05, 4.69) is 53.4 Å². The second kappa shape index (κ2) is 9.00. The first-order valence-corrected chi connectivity index (χ1v) is 10.5. The predicted octanol–water partition coefficient (Wildman–Crippen LogP) is 5.54. The molecule has 3 nitrogen and oxygen atoms in total. The van der Waals surface area contributed by atoms with Crippen molar-refractivity contribution < 1.29 is 4.79 Å². The van der Waals surface area contributed by atoms with Crippen LogP contribution in [-0.4, -0.2) is 41.9 Å². The molecule has 0 spiro atoms. The Morgan fingerprint density at radius 2 is 1.28 bits per heavy atom. The minimum Gasteiger partial charge on any atom is -0.336 e. The molecule has 148 valence electrons. The minimum atomic E-state index is -0.000751. The van der Waals surface area contributed by atoms with Crippen LogP contribution in [0.5, 0.6) is 0 Å². The van der Waals surface area contributed by atoms with E-state index in [0.29, 0.717) is 28.7 Å². The van der Waals surface area contributed by atoms with E-state index in [0.717, 1.165) is 13.1 Å². The highest BCUT2D eigenvalue weighted by atomic mass is 35.5. The fourth-order valence-corrected chi connectivity index (χ4v) is 4.18. The molecular weight excluding hydrogens is 403 g/mol.